The van der Waals surface area contributed by atoms with Gasteiger partial charge in [0.1, 0.15) is 0 Å². The molecular weight excluding hydrogens is 581 g/mol. The standard InChI is InChI=1S/C38H70N2S3/c1-3-5-7-9-11-13-15-17-19-21-23-25-27-29-31-33-35-41-37-39-40-38(43-37)42-36-34-32-30-28-26-24-22-20-18-16-14-12-10-8-6-4-2/h33-36H,3-32H2,1-2H3. The molecule has 0 saturated heterocycles. The minimum absolute atomic E-state index is 1.06. The van der Waals surface area contributed by atoms with Gasteiger partial charge in [0.25, 0.3) is 0 Å². The number of hydrogen-bond acceptors (Lipinski definition) is 5. The molecule has 0 N–H and O–H groups in total. The number of thioether (sulfide) groups is 2. The maximum Gasteiger partial charge on any atom is 0.179 e. The van der Waals surface area contributed by atoms with Crippen molar-refractivity contribution >= 4 is 34.9 Å². The molecule has 5 heteroatoms. The number of aromatic nitrogens is 2. The van der Waals surface area contributed by atoms with E-state index in [1.54, 1.807) is 34.9 Å². The zero-order chi connectivity index (χ0) is 30.7. The van der Waals surface area contributed by atoms with Crippen LogP contribution in [0, 0.1) is 0 Å². The van der Waals surface area contributed by atoms with Crippen LogP contribution in [0.5, 0.6) is 0 Å². The Kier molecular flexibility index (Phi) is 32.8. The summed E-state index contributed by atoms with van der Waals surface area (Å²) in [6, 6.07) is 0. The molecule has 2 nitrogen and oxygen atoms in total. The van der Waals surface area contributed by atoms with E-state index in [-0.39, 0.29) is 0 Å². The molecule has 0 aliphatic rings. The van der Waals surface area contributed by atoms with Crippen molar-refractivity contribution < 1.29 is 0 Å². The molecule has 250 valence electrons. The molecule has 1 aromatic rings. The molecule has 0 saturated carbocycles. The average molecular weight is 651 g/mol. The van der Waals surface area contributed by atoms with Crippen LogP contribution in [0.4, 0.5) is 0 Å². The second-order valence-electron chi connectivity index (χ2n) is 12.6. The van der Waals surface area contributed by atoms with Gasteiger partial charge >= 0.3 is 0 Å². The molecule has 0 amide bonds. The molecule has 1 rings (SSSR count). The van der Waals surface area contributed by atoms with Crippen molar-refractivity contribution in [3.8, 4) is 0 Å². The summed E-state index contributed by atoms with van der Waals surface area (Å²) >= 11 is 5.15. The van der Waals surface area contributed by atoms with E-state index in [1.165, 1.54) is 193 Å². The van der Waals surface area contributed by atoms with Gasteiger partial charge in [-0.15, -0.1) is 10.2 Å². The van der Waals surface area contributed by atoms with Crippen LogP contribution in [-0.4, -0.2) is 10.2 Å². The Bertz CT molecular complexity index is 672. The molecule has 0 fully saturated rings. The molecule has 0 aromatic carbocycles. The van der Waals surface area contributed by atoms with Gasteiger partial charge in [-0.25, -0.2) is 0 Å². The van der Waals surface area contributed by atoms with Crippen molar-refractivity contribution in [1.29, 1.82) is 0 Å². The van der Waals surface area contributed by atoms with E-state index in [0.29, 0.717) is 0 Å². The fourth-order valence-electron chi connectivity index (χ4n) is 5.55. The predicted molar refractivity (Wildman–Crippen MR) is 200 cm³/mol. The smallest absolute Gasteiger partial charge is 0.130 e. The Morgan fingerprint density at radius 2 is 0.651 bits per heavy atom. The van der Waals surface area contributed by atoms with E-state index in [2.05, 4.69) is 47.0 Å². The number of rotatable bonds is 34. The van der Waals surface area contributed by atoms with Gasteiger partial charge in [-0.1, -0.05) is 228 Å². The lowest BCUT2D eigenvalue weighted by molar-refractivity contribution is 0.536. The van der Waals surface area contributed by atoms with E-state index >= 15 is 0 Å². The Labute approximate surface area is 281 Å². The topological polar surface area (TPSA) is 25.8 Å². The number of nitrogens with zero attached hydrogens (tertiary/aromatic N) is 2. The minimum atomic E-state index is 1.06. The van der Waals surface area contributed by atoms with Crippen LogP contribution >= 0.6 is 34.9 Å². The van der Waals surface area contributed by atoms with Crippen LogP contribution in [0.15, 0.2) is 31.6 Å². The normalized spacial score (nSPS) is 12.0. The summed E-state index contributed by atoms with van der Waals surface area (Å²) in [6.45, 7) is 4.60. The third kappa shape index (κ3) is 30.2. The summed E-state index contributed by atoms with van der Waals surface area (Å²) in [7, 11) is 0. The van der Waals surface area contributed by atoms with Crippen molar-refractivity contribution in [2.75, 3.05) is 0 Å². The number of unbranched alkanes of at least 4 members (excludes halogenated alkanes) is 28. The molecule has 0 aliphatic heterocycles. The SMILES string of the molecule is CCCCCCCCCCCCCCCCC=CSc1nnc(SC=CCCCCCCCCCCCCCCCC)s1. The van der Waals surface area contributed by atoms with Crippen LogP contribution < -0.4 is 0 Å². The highest BCUT2D eigenvalue weighted by Gasteiger charge is 2.02. The molecule has 1 heterocycles. The molecule has 43 heavy (non-hydrogen) atoms. The van der Waals surface area contributed by atoms with E-state index in [1.807, 2.05) is 0 Å². The van der Waals surface area contributed by atoms with Gasteiger partial charge in [-0.05, 0) is 36.5 Å². The van der Waals surface area contributed by atoms with Gasteiger partial charge in [0.2, 0.25) is 0 Å². The third-order valence-corrected chi connectivity index (χ3v) is 11.2. The van der Waals surface area contributed by atoms with E-state index < -0.39 is 0 Å². The molecule has 0 unspecified atom stereocenters. The molecule has 0 bridgehead atoms. The second kappa shape index (κ2) is 34.6. The lowest BCUT2D eigenvalue weighted by atomic mass is 10.0. The quantitative estimate of drug-likeness (QED) is 0.0547. The van der Waals surface area contributed by atoms with Crippen molar-refractivity contribution in [1.82, 2.24) is 10.2 Å². The molecule has 1 aromatic heterocycles. The maximum atomic E-state index is 4.35. The van der Waals surface area contributed by atoms with Crippen molar-refractivity contribution in [3.05, 3.63) is 23.0 Å². The first-order chi connectivity index (χ1) is 21.4. The van der Waals surface area contributed by atoms with Crippen LogP contribution in [0.2, 0.25) is 0 Å². The van der Waals surface area contributed by atoms with Crippen LogP contribution in [0.25, 0.3) is 0 Å². The monoisotopic (exact) mass is 650 g/mol. The first-order valence-corrected chi connectivity index (χ1v) is 21.4. The van der Waals surface area contributed by atoms with Gasteiger partial charge in [0.15, 0.2) is 8.68 Å². The van der Waals surface area contributed by atoms with Crippen LogP contribution in [-0.2, 0) is 0 Å². The zero-order valence-electron chi connectivity index (χ0n) is 28.6. The first-order valence-electron chi connectivity index (χ1n) is 18.8. The highest BCUT2D eigenvalue weighted by molar-refractivity contribution is 8.05. The van der Waals surface area contributed by atoms with Crippen LogP contribution in [0.3, 0.4) is 0 Å². The summed E-state index contributed by atoms with van der Waals surface area (Å²) in [5, 5.41) is 13.1. The minimum Gasteiger partial charge on any atom is -0.130 e. The first kappa shape index (κ1) is 40.8. The van der Waals surface area contributed by atoms with Crippen molar-refractivity contribution in [2.24, 2.45) is 0 Å². The fourth-order valence-corrected chi connectivity index (χ4v) is 8.09. The maximum absolute atomic E-state index is 4.35. The van der Waals surface area contributed by atoms with Gasteiger partial charge in [-0.2, -0.15) is 0 Å². The third-order valence-electron chi connectivity index (χ3n) is 8.37. The second-order valence-corrected chi connectivity index (χ2v) is 15.9. The largest absolute Gasteiger partial charge is 0.179 e. The number of hydrogen-bond donors (Lipinski definition) is 0. The van der Waals surface area contributed by atoms with Crippen molar-refractivity contribution in [2.45, 2.75) is 215 Å². The predicted octanol–water partition coefficient (Wildman–Crippen LogP) is 15.5. The molecular formula is C38H70N2S3. The molecule has 0 aliphatic carbocycles. The number of allylic oxidation sites excluding steroid dienone is 2. The summed E-state index contributed by atoms with van der Waals surface area (Å²) in [6.07, 6.45) is 46.9. The molecule has 0 spiro atoms. The fraction of sp³-hybridized carbons (Fsp3) is 0.842. The summed E-state index contributed by atoms with van der Waals surface area (Å²) in [5.74, 6) is 0. The van der Waals surface area contributed by atoms with E-state index in [4.69, 9.17) is 0 Å². The van der Waals surface area contributed by atoms with Crippen LogP contribution in [0.1, 0.15) is 206 Å². The summed E-state index contributed by atoms with van der Waals surface area (Å²) in [5.41, 5.74) is 0. The molecule has 0 radical (unpaired) electrons. The van der Waals surface area contributed by atoms with Gasteiger partial charge in [0.05, 0.1) is 0 Å². The summed E-state index contributed by atoms with van der Waals surface area (Å²) in [4.78, 5) is 0. The highest BCUT2D eigenvalue weighted by atomic mass is 32.2. The summed E-state index contributed by atoms with van der Waals surface area (Å²) < 4.78 is 2.11. The van der Waals surface area contributed by atoms with E-state index in [0.717, 1.165) is 8.68 Å². The van der Waals surface area contributed by atoms with Gasteiger partial charge in [-0.3, -0.25) is 0 Å². The van der Waals surface area contributed by atoms with Gasteiger partial charge < -0.3 is 0 Å². The average Bonchev–Trinajstić information content (AvgIpc) is 3.47. The Hall–Kier alpha value is -0.260. The highest BCUT2D eigenvalue weighted by Crippen LogP contribution is 2.30. The Morgan fingerprint density at radius 3 is 0.930 bits per heavy atom. The zero-order valence-corrected chi connectivity index (χ0v) is 31.1. The Balaban J connectivity index is 1.84. The Morgan fingerprint density at radius 1 is 0.395 bits per heavy atom. The van der Waals surface area contributed by atoms with Crippen molar-refractivity contribution in [3.63, 3.8) is 0 Å². The molecule has 0 atom stereocenters. The van der Waals surface area contributed by atoms with E-state index in [9.17, 15) is 0 Å². The van der Waals surface area contributed by atoms with Gasteiger partial charge in [0, 0.05) is 0 Å². The lowest BCUT2D eigenvalue weighted by Gasteiger charge is -2.02. The lowest BCUT2D eigenvalue weighted by Crippen LogP contribution is -1.83.